The first-order chi connectivity index (χ1) is 16.3. The molecule has 4 aliphatic rings. The van der Waals surface area contributed by atoms with Crippen molar-refractivity contribution in [3.05, 3.63) is 46.0 Å². The van der Waals surface area contributed by atoms with Gasteiger partial charge in [-0.2, -0.15) is 0 Å². The first-order valence-corrected chi connectivity index (χ1v) is 13.2. The van der Waals surface area contributed by atoms with Crippen LogP contribution in [0.2, 0.25) is 0 Å². The van der Waals surface area contributed by atoms with E-state index in [0.29, 0.717) is 28.7 Å². The minimum atomic E-state index is -1.60. The number of aliphatic hydroxyl groups excluding tert-OH is 2. The van der Waals surface area contributed by atoms with Crippen LogP contribution in [0.1, 0.15) is 74.1 Å². The van der Waals surface area contributed by atoms with Crippen LogP contribution in [0.15, 0.2) is 46.0 Å². The highest BCUT2D eigenvalue weighted by Crippen LogP contribution is 2.49. The van der Waals surface area contributed by atoms with Crippen LogP contribution in [0.5, 0.6) is 0 Å². The summed E-state index contributed by atoms with van der Waals surface area (Å²) in [6.07, 6.45) is 5.76. The number of Topliss-reactive ketones (excluding diaryl/α,β-unsaturated/α-hetero) is 1. The van der Waals surface area contributed by atoms with Crippen molar-refractivity contribution < 1.29 is 29.6 Å². The van der Waals surface area contributed by atoms with Gasteiger partial charge in [-0.25, -0.2) is 0 Å². The summed E-state index contributed by atoms with van der Waals surface area (Å²) in [5.41, 5.74) is 2.44. The summed E-state index contributed by atoms with van der Waals surface area (Å²) >= 11 is 0. The van der Waals surface area contributed by atoms with Gasteiger partial charge in [0.05, 0.1) is 18.3 Å². The quantitative estimate of drug-likeness (QED) is 0.321. The third-order valence-electron chi connectivity index (χ3n) is 8.66. The highest BCUT2D eigenvalue weighted by molar-refractivity contribution is 6.10. The minimum Gasteiger partial charge on any atom is -0.504 e. The Kier molecular flexibility index (Phi) is 7.13. The molecule has 6 heteroatoms. The van der Waals surface area contributed by atoms with Crippen molar-refractivity contribution in [2.24, 2.45) is 29.6 Å². The minimum absolute atomic E-state index is 0.0815. The average Bonchev–Trinajstić information content (AvgIpc) is 3.14. The molecule has 0 amide bonds. The lowest BCUT2D eigenvalue weighted by atomic mass is 9.88. The van der Waals surface area contributed by atoms with Crippen molar-refractivity contribution in [2.75, 3.05) is 0 Å². The number of ketones is 1. The van der Waals surface area contributed by atoms with Crippen LogP contribution in [0.3, 0.4) is 0 Å². The number of ether oxygens (including phenoxy) is 2. The van der Waals surface area contributed by atoms with E-state index in [1.165, 1.54) is 5.57 Å². The maximum absolute atomic E-state index is 13.0. The number of carbonyl (C=O) groups is 1. The molecule has 9 atom stereocenters. The molecule has 0 aromatic carbocycles. The molecule has 1 aliphatic carbocycles. The number of carbonyl (C=O) groups excluding carboxylic acids is 1. The summed E-state index contributed by atoms with van der Waals surface area (Å²) in [6.45, 7) is 14.0. The van der Waals surface area contributed by atoms with Gasteiger partial charge >= 0.3 is 0 Å². The van der Waals surface area contributed by atoms with Crippen molar-refractivity contribution in [3.8, 4) is 0 Å². The summed E-state index contributed by atoms with van der Waals surface area (Å²) in [6, 6.07) is 0. The molecule has 0 aromatic heterocycles. The monoisotopic (exact) mass is 492 g/mol. The highest BCUT2D eigenvalue weighted by atomic mass is 16.6. The van der Waals surface area contributed by atoms with Crippen LogP contribution in [-0.2, 0) is 14.3 Å². The molecule has 194 valence electrons. The lowest BCUT2D eigenvalue weighted by Crippen LogP contribution is -2.50. The van der Waals surface area contributed by atoms with E-state index in [0.717, 1.165) is 25.7 Å². The molecule has 0 saturated carbocycles. The van der Waals surface area contributed by atoms with Gasteiger partial charge in [-0.3, -0.25) is 4.79 Å². The zero-order chi connectivity index (χ0) is 25.8. The summed E-state index contributed by atoms with van der Waals surface area (Å²) in [5.74, 6) is -2.16. The fraction of sp³-hybridized carbons (Fsp3) is 0.690. The van der Waals surface area contributed by atoms with E-state index < -0.39 is 23.8 Å². The first-order valence-electron chi connectivity index (χ1n) is 13.2. The van der Waals surface area contributed by atoms with Crippen LogP contribution < -0.4 is 0 Å². The van der Waals surface area contributed by atoms with Gasteiger partial charge in [-0.05, 0) is 57.4 Å². The second-order valence-corrected chi connectivity index (χ2v) is 11.8. The smallest absolute Gasteiger partial charge is 0.231 e. The van der Waals surface area contributed by atoms with Gasteiger partial charge in [0.1, 0.15) is 5.76 Å². The molecular weight excluding hydrogens is 450 g/mol. The summed E-state index contributed by atoms with van der Waals surface area (Å²) in [5, 5.41) is 33.8. The number of fused-ring (bicyclic) bond motifs is 4. The molecule has 3 aliphatic heterocycles. The molecular formula is C29H42O6. The zero-order valence-electron chi connectivity index (χ0n) is 22.2. The van der Waals surface area contributed by atoms with Gasteiger partial charge in [0, 0.05) is 34.5 Å². The molecule has 6 nitrogen and oxygen atoms in total. The maximum Gasteiger partial charge on any atom is 0.231 e. The zero-order valence-corrected chi connectivity index (χ0v) is 22.2. The largest absolute Gasteiger partial charge is 0.504 e. The molecule has 0 aromatic rings. The van der Waals surface area contributed by atoms with Gasteiger partial charge in [0.25, 0.3) is 0 Å². The second kappa shape index (κ2) is 9.53. The number of aliphatic hydroxyl groups is 3. The lowest BCUT2D eigenvalue weighted by Gasteiger charge is -2.44. The summed E-state index contributed by atoms with van der Waals surface area (Å²) in [7, 11) is 0. The van der Waals surface area contributed by atoms with E-state index in [9.17, 15) is 20.1 Å². The Morgan fingerprint density at radius 2 is 1.74 bits per heavy atom. The van der Waals surface area contributed by atoms with Gasteiger partial charge in [0.2, 0.25) is 11.6 Å². The third-order valence-corrected chi connectivity index (χ3v) is 8.66. The average molecular weight is 493 g/mol. The fourth-order valence-electron chi connectivity index (χ4n) is 6.51. The molecule has 0 spiro atoms. The number of rotatable bonds is 0. The van der Waals surface area contributed by atoms with Crippen LogP contribution in [0, 0.1) is 29.6 Å². The van der Waals surface area contributed by atoms with Crippen molar-refractivity contribution >= 4 is 5.78 Å². The van der Waals surface area contributed by atoms with E-state index in [1.807, 2.05) is 20.8 Å². The molecule has 4 rings (SSSR count). The van der Waals surface area contributed by atoms with Gasteiger partial charge in [-0.15, -0.1) is 0 Å². The molecule has 0 radical (unpaired) electrons. The fourth-order valence-corrected chi connectivity index (χ4v) is 6.51. The van der Waals surface area contributed by atoms with Crippen molar-refractivity contribution in [3.63, 3.8) is 0 Å². The first kappa shape index (κ1) is 26.2. The van der Waals surface area contributed by atoms with E-state index in [1.54, 1.807) is 13.0 Å². The lowest BCUT2D eigenvalue weighted by molar-refractivity contribution is -0.164. The SMILES string of the molecule is C/C1=C\[C@H](C)C[13CH2][C@H]2O[13C@@H](C3=[13C](O)C(=O)[13C](C)=C4O[C@](O)([13CH]=[13C]43)[C@H](C)C[C@H](C)C1)[C@H](C)[C@@H](O)[C@H]2C. The predicted molar refractivity (Wildman–Crippen MR) is 134 cm³/mol. The second-order valence-electron chi connectivity index (χ2n) is 11.8. The topological polar surface area (TPSA) is 96.2 Å². The van der Waals surface area contributed by atoms with Gasteiger partial charge in [-0.1, -0.05) is 46.3 Å². The molecule has 1 fully saturated rings. The maximum atomic E-state index is 13.0. The number of hydrogen-bond donors (Lipinski definition) is 3. The molecule has 35 heavy (non-hydrogen) atoms. The Bertz CT molecular complexity index is 1000. The Morgan fingerprint density at radius 1 is 1.06 bits per heavy atom. The molecule has 3 N–H and O–H groups in total. The molecule has 1 saturated heterocycles. The van der Waals surface area contributed by atoms with E-state index in [-0.39, 0.29) is 35.2 Å². The molecule has 0 unspecified atom stereocenters. The van der Waals surface area contributed by atoms with Crippen LogP contribution in [-0.4, -0.2) is 45.2 Å². The van der Waals surface area contributed by atoms with Crippen molar-refractivity contribution in [1.82, 2.24) is 0 Å². The third kappa shape index (κ3) is 4.65. The predicted octanol–water partition coefficient (Wildman–Crippen LogP) is 5.13. The molecule has 3 heterocycles. The van der Waals surface area contributed by atoms with E-state index in [2.05, 4.69) is 26.8 Å². The summed E-state index contributed by atoms with van der Waals surface area (Å²) < 4.78 is 12.7. The summed E-state index contributed by atoms with van der Waals surface area (Å²) in [4.78, 5) is 13.0. The Labute approximate surface area is 209 Å². The van der Waals surface area contributed by atoms with Crippen molar-refractivity contribution in [2.45, 2.75) is 98.2 Å². The number of allylic oxidation sites excluding steroid dienone is 4. The number of hydrogen-bond acceptors (Lipinski definition) is 6. The van der Waals surface area contributed by atoms with E-state index in [4.69, 9.17) is 9.47 Å². The van der Waals surface area contributed by atoms with Crippen LogP contribution in [0.25, 0.3) is 0 Å². The highest BCUT2D eigenvalue weighted by Gasteiger charge is 2.51. The van der Waals surface area contributed by atoms with Crippen LogP contribution in [0.4, 0.5) is 0 Å². The molecule has 4 bridgehead atoms. The van der Waals surface area contributed by atoms with Crippen molar-refractivity contribution in [1.29, 1.82) is 0 Å². The van der Waals surface area contributed by atoms with E-state index >= 15 is 0 Å². The van der Waals surface area contributed by atoms with Gasteiger partial charge < -0.3 is 24.8 Å². The Balaban J connectivity index is 1.83. The Morgan fingerprint density at radius 3 is 2.43 bits per heavy atom. The van der Waals surface area contributed by atoms with Crippen LogP contribution >= 0.6 is 0 Å². The van der Waals surface area contributed by atoms with Gasteiger partial charge in [0.15, 0.2) is 5.76 Å². The standard InChI is InChI=1S/C29H42O6/c1-14-8-9-22-18(5)24(30)19(6)28(34-22)23-21-13-29(33,17(4)12-16(3)11-15(2)10-14)35-27(21)20(7)25(31)26(23)32/h10,13-14,16-19,22,24,28,30,32-33H,8-9,11-12H2,1-7H3/b15-10+/t14-,16-,17-,18+,19-,22-,24+,28-,29-/m1/s1/i9+1,13+1,20+1,21+1,26+1,28+1. The Hall–Kier alpha value is -1.89. The normalized spacial score (nSPS) is 44.5.